The quantitative estimate of drug-likeness (QED) is 0.449. The standard InChI is InChI=1S/C29H32Cl2N6O5S/c1-35-10-12-36(13-11-35)20-3-4-23(22(30)14-20)43(40,41)21-15-25(42-27(39)34-28(18-32)6-7-28)37(17-21)26(38)29(8-9-29)19-2-5-24(31)33-16-19/h2-5,14,16,21,25H,6-13,15,17H2,1H3,(H,34,39)/t21-,25+/m1/s1. The molecule has 2 aromatic rings. The van der Waals surface area contributed by atoms with Crippen LogP contribution in [0, 0.1) is 11.3 Å². The Morgan fingerprint density at radius 2 is 1.81 bits per heavy atom. The van der Waals surface area contributed by atoms with Crippen LogP contribution in [0.1, 0.15) is 37.7 Å². The van der Waals surface area contributed by atoms with Crippen LogP contribution in [-0.4, -0.2) is 92.0 Å². The second-order valence-corrected chi connectivity index (χ2v) is 14.9. The first-order valence-corrected chi connectivity index (χ1v) is 16.6. The first-order chi connectivity index (χ1) is 20.5. The minimum absolute atomic E-state index is 0.0287. The fraction of sp³-hybridized carbons (Fsp3) is 0.517. The number of piperazine rings is 1. The van der Waals surface area contributed by atoms with Gasteiger partial charge in [-0.2, -0.15) is 5.26 Å². The van der Waals surface area contributed by atoms with Crippen LogP contribution in [0.15, 0.2) is 41.4 Å². The highest BCUT2D eigenvalue weighted by molar-refractivity contribution is 7.92. The molecule has 1 N–H and O–H groups in total. The number of likely N-dealkylation sites (N-methyl/N-ethyl adjacent to an activating group) is 1. The number of halogens is 2. The molecule has 228 valence electrons. The number of sulfone groups is 1. The molecule has 11 nitrogen and oxygen atoms in total. The van der Waals surface area contributed by atoms with Gasteiger partial charge in [-0.1, -0.05) is 29.3 Å². The summed E-state index contributed by atoms with van der Waals surface area (Å²) >= 11 is 12.6. The summed E-state index contributed by atoms with van der Waals surface area (Å²) in [6.45, 7) is 3.21. The number of hydrogen-bond donors (Lipinski definition) is 1. The molecule has 0 radical (unpaired) electrons. The maximum Gasteiger partial charge on any atom is 0.410 e. The van der Waals surface area contributed by atoms with Crippen molar-refractivity contribution < 1.29 is 22.7 Å². The van der Waals surface area contributed by atoms with Gasteiger partial charge in [-0.25, -0.2) is 18.2 Å². The molecule has 4 fully saturated rings. The Balaban J connectivity index is 1.25. The topological polar surface area (TPSA) is 136 Å². The van der Waals surface area contributed by atoms with E-state index in [0.717, 1.165) is 31.9 Å². The molecule has 2 aliphatic heterocycles. The van der Waals surface area contributed by atoms with Gasteiger partial charge in [0.1, 0.15) is 10.7 Å². The molecule has 2 saturated heterocycles. The summed E-state index contributed by atoms with van der Waals surface area (Å²) in [6.07, 6.45) is 1.47. The summed E-state index contributed by atoms with van der Waals surface area (Å²) in [5.41, 5.74) is -0.375. The van der Waals surface area contributed by atoms with Crippen molar-refractivity contribution in [2.75, 3.05) is 44.7 Å². The number of rotatable bonds is 7. The van der Waals surface area contributed by atoms with Gasteiger partial charge in [0.25, 0.3) is 0 Å². The Morgan fingerprint density at radius 1 is 1.09 bits per heavy atom. The van der Waals surface area contributed by atoms with E-state index in [-0.39, 0.29) is 28.8 Å². The molecule has 3 heterocycles. The van der Waals surface area contributed by atoms with Crippen molar-refractivity contribution in [3.8, 4) is 6.07 Å². The molecule has 1 aromatic carbocycles. The second-order valence-electron chi connectivity index (χ2n) is 11.9. The molecule has 0 unspecified atom stereocenters. The van der Waals surface area contributed by atoms with Crippen LogP contribution in [0.4, 0.5) is 10.5 Å². The smallest absolute Gasteiger partial charge is 0.410 e. The van der Waals surface area contributed by atoms with E-state index in [4.69, 9.17) is 27.9 Å². The lowest BCUT2D eigenvalue weighted by atomic mass is 9.96. The van der Waals surface area contributed by atoms with E-state index in [0.29, 0.717) is 36.4 Å². The number of likely N-dealkylation sites (tertiary alicyclic amines) is 1. The van der Waals surface area contributed by atoms with Crippen molar-refractivity contribution in [2.24, 2.45) is 0 Å². The Bertz CT molecular complexity index is 1580. The molecule has 2 atom stereocenters. The molecule has 4 aliphatic rings. The monoisotopic (exact) mass is 646 g/mol. The highest BCUT2D eigenvalue weighted by Crippen LogP contribution is 2.51. The molecular formula is C29H32Cl2N6O5S. The largest absolute Gasteiger partial charge is 0.425 e. The van der Waals surface area contributed by atoms with Gasteiger partial charge in [0, 0.05) is 51.0 Å². The molecule has 2 aliphatic carbocycles. The SMILES string of the molecule is CN1CCN(c2ccc(S(=O)(=O)[C@@H]3C[C@H](OC(=O)NC4(C#N)CC4)N(C(=O)C4(c5ccc(Cl)nc5)CC4)C3)c(Cl)c2)CC1. The second kappa shape index (κ2) is 11.1. The highest BCUT2D eigenvalue weighted by Gasteiger charge is 2.57. The number of nitrogens with zero attached hydrogens (tertiary/aromatic N) is 5. The van der Waals surface area contributed by atoms with E-state index in [1.165, 1.54) is 11.0 Å². The van der Waals surface area contributed by atoms with Gasteiger partial charge >= 0.3 is 6.09 Å². The van der Waals surface area contributed by atoms with Gasteiger partial charge in [-0.3, -0.25) is 4.79 Å². The lowest BCUT2D eigenvalue weighted by molar-refractivity contribution is -0.140. The third-order valence-corrected chi connectivity index (χ3v) is 11.8. The van der Waals surface area contributed by atoms with Crippen LogP contribution in [0.2, 0.25) is 10.2 Å². The molecule has 0 bridgehead atoms. The van der Waals surface area contributed by atoms with E-state index >= 15 is 0 Å². The average molecular weight is 648 g/mol. The summed E-state index contributed by atoms with van der Waals surface area (Å²) in [5, 5.41) is 11.3. The minimum atomic E-state index is -4.03. The number of anilines is 1. The van der Waals surface area contributed by atoms with E-state index in [1.807, 2.05) is 0 Å². The van der Waals surface area contributed by atoms with Crippen molar-refractivity contribution in [1.29, 1.82) is 5.26 Å². The first kappa shape index (κ1) is 29.9. The van der Waals surface area contributed by atoms with Crippen molar-refractivity contribution in [3.63, 3.8) is 0 Å². The maximum absolute atomic E-state index is 14.1. The first-order valence-electron chi connectivity index (χ1n) is 14.3. The third kappa shape index (κ3) is 5.76. The van der Waals surface area contributed by atoms with Crippen LogP contribution < -0.4 is 10.2 Å². The fourth-order valence-corrected chi connectivity index (χ4v) is 8.23. The van der Waals surface area contributed by atoms with Crippen molar-refractivity contribution >= 4 is 50.7 Å². The van der Waals surface area contributed by atoms with Gasteiger partial charge in [-0.15, -0.1) is 0 Å². The number of amides is 2. The molecule has 14 heteroatoms. The summed E-state index contributed by atoms with van der Waals surface area (Å²) in [4.78, 5) is 36.7. The normalized spacial score (nSPS) is 24.2. The summed E-state index contributed by atoms with van der Waals surface area (Å²) in [5.74, 6) is -0.343. The van der Waals surface area contributed by atoms with E-state index in [1.54, 1.807) is 30.5 Å². The molecule has 1 aromatic heterocycles. The van der Waals surface area contributed by atoms with Gasteiger partial charge in [0.15, 0.2) is 16.1 Å². The zero-order valence-corrected chi connectivity index (χ0v) is 26.0. The van der Waals surface area contributed by atoms with Gasteiger partial charge in [0.05, 0.1) is 26.7 Å². The number of ether oxygens (including phenoxy) is 1. The van der Waals surface area contributed by atoms with E-state index in [9.17, 15) is 23.3 Å². The number of benzene rings is 1. The van der Waals surface area contributed by atoms with Crippen LogP contribution in [-0.2, 0) is 24.8 Å². The van der Waals surface area contributed by atoms with E-state index in [2.05, 4.69) is 33.2 Å². The molecule has 43 heavy (non-hydrogen) atoms. The predicted octanol–water partition coefficient (Wildman–Crippen LogP) is 3.36. The lowest BCUT2D eigenvalue weighted by Crippen LogP contribution is -2.47. The van der Waals surface area contributed by atoms with Gasteiger partial charge in [-0.05, 0) is 62.6 Å². The number of alkyl carbamates (subject to hydrolysis) is 1. The predicted molar refractivity (Wildman–Crippen MR) is 160 cm³/mol. The lowest BCUT2D eigenvalue weighted by Gasteiger charge is -2.34. The molecule has 0 spiro atoms. The Hall–Kier alpha value is -3.11. The fourth-order valence-electron chi connectivity index (χ4n) is 5.90. The molecule has 2 amide bonds. The maximum atomic E-state index is 14.1. The zero-order valence-electron chi connectivity index (χ0n) is 23.6. The van der Waals surface area contributed by atoms with Crippen LogP contribution >= 0.6 is 23.2 Å². The molecule has 2 saturated carbocycles. The summed E-state index contributed by atoms with van der Waals surface area (Å²) in [7, 11) is -1.97. The average Bonchev–Trinajstić information content (AvgIpc) is 3.91. The number of nitriles is 1. The Morgan fingerprint density at radius 3 is 2.40 bits per heavy atom. The van der Waals surface area contributed by atoms with Crippen molar-refractivity contribution in [2.45, 2.75) is 59.4 Å². The number of aromatic nitrogens is 1. The summed E-state index contributed by atoms with van der Waals surface area (Å²) < 4.78 is 33.6. The summed E-state index contributed by atoms with van der Waals surface area (Å²) in [6, 6.07) is 10.4. The number of carbonyl (C=O) groups excluding carboxylic acids is 2. The number of hydrogen-bond acceptors (Lipinski definition) is 9. The minimum Gasteiger partial charge on any atom is -0.425 e. The Labute approximate surface area is 260 Å². The van der Waals surface area contributed by atoms with Crippen LogP contribution in [0.3, 0.4) is 0 Å². The number of pyridine rings is 1. The number of carbonyl (C=O) groups is 2. The van der Waals surface area contributed by atoms with Crippen LogP contribution in [0.5, 0.6) is 0 Å². The van der Waals surface area contributed by atoms with Crippen molar-refractivity contribution in [3.05, 3.63) is 52.3 Å². The third-order valence-electron chi connectivity index (χ3n) is 8.99. The molecule has 6 rings (SSSR count). The van der Waals surface area contributed by atoms with Crippen molar-refractivity contribution in [1.82, 2.24) is 20.1 Å². The molecular weight excluding hydrogens is 615 g/mol. The number of nitrogens with one attached hydrogen (secondary N) is 1. The van der Waals surface area contributed by atoms with Gasteiger partial charge in [0.2, 0.25) is 5.91 Å². The van der Waals surface area contributed by atoms with E-state index < -0.39 is 38.4 Å². The highest BCUT2D eigenvalue weighted by atomic mass is 35.5. The zero-order chi connectivity index (χ0) is 30.6. The van der Waals surface area contributed by atoms with Gasteiger partial charge < -0.3 is 24.8 Å². The Kier molecular flexibility index (Phi) is 7.74. The van der Waals surface area contributed by atoms with Crippen LogP contribution in [0.25, 0.3) is 0 Å².